The van der Waals surface area contributed by atoms with E-state index in [1.165, 1.54) is 6.42 Å². The SMILES string of the molecule is CN(C)c1cccc2c(S(=O)(=O)NCCCCCCCCN)cccc12. The van der Waals surface area contributed by atoms with Gasteiger partial charge in [0.15, 0.2) is 0 Å². The molecule has 2 aromatic rings. The monoisotopic (exact) mass is 377 g/mol. The number of benzene rings is 2. The van der Waals surface area contributed by atoms with E-state index in [0.29, 0.717) is 11.4 Å². The van der Waals surface area contributed by atoms with E-state index in [1.54, 1.807) is 12.1 Å². The van der Waals surface area contributed by atoms with Gasteiger partial charge in [0.05, 0.1) is 4.90 Å². The number of anilines is 1. The lowest BCUT2D eigenvalue weighted by atomic mass is 10.1. The molecule has 2 rings (SSSR count). The molecule has 5 nitrogen and oxygen atoms in total. The van der Waals surface area contributed by atoms with Gasteiger partial charge in [-0.25, -0.2) is 13.1 Å². The van der Waals surface area contributed by atoms with Gasteiger partial charge in [-0.15, -0.1) is 0 Å². The molecule has 0 aliphatic heterocycles. The second kappa shape index (κ2) is 9.90. The third kappa shape index (κ3) is 5.43. The Morgan fingerprint density at radius 2 is 1.50 bits per heavy atom. The number of unbranched alkanes of at least 4 members (excludes halogenated alkanes) is 5. The fraction of sp³-hybridized carbons (Fsp3) is 0.500. The minimum Gasteiger partial charge on any atom is -0.377 e. The summed E-state index contributed by atoms with van der Waals surface area (Å²) in [7, 11) is 0.404. The molecule has 26 heavy (non-hydrogen) atoms. The Bertz CT molecular complexity index is 804. The molecule has 0 atom stereocenters. The molecule has 144 valence electrons. The van der Waals surface area contributed by atoms with Gasteiger partial charge in [-0.05, 0) is 31.5 Å². The summed E-state index contributed by atoms with van der Waals surface area (Å²) >= 11 is 0. The van der Waals surface area contributed by atoms with Crippen LogP contribution in [-0.4, -0.2) is 35.6 Å². The van der Waals surface area contributed by atoms with Gasteiger partial charge in [-0.2, -0.15) is 0 Å². The summed E-state index contributed by atoms with van der Waals surface area (Å²) < 4.78 is 28.3. The zero-order valence-corrected chi connectivity index (χ0v) is 16.7. The zero-order valence-electron chi connectivity index (χ0n) is 15.9. The van der Waals surface area contributed by atoms with Crippen LogP contribution in [0.5, 0.6) is 0 Å². The minimum absolute atomic E-state index is 0.349. The van der Waals surface area contributed by atoms with E-state index < -0.39 is 10.0 Å². The van der Waals surface area contributed by atoms with Crippen molar-refractivity contribution < 1.29 is 8.42 Å². The third-order valence-corrected chi connectivity index (χ3v) is 6.07. The molecule has 0 radical (unpaired) electrons. The van der Waals surface area contributed by atoms with Crippen molar-refractivity contribution in [1.29, 1.82) is 0 Å². The molecule has 0 aliphatic rings. The highest BCUT2D eigenvalue weighted by Gasteiger charge is 2.17. The van der Waals surface area contributed by atoms with E-state index in [9.17, 15) is 8.42 Å². The number of fused-ring (bicyclic) bond motifs is 1. The van der Waals surface area contributed by atoms with E-state index in [4.69, 9.17) is 5.73 Å². The summed E-state index contributed by atoms with van der Waals surface area (Å²) in [6.07, 6.45) is 6.42. The molecule has 0 fully saturated rings. The molecule has 0 saturated carbocycles. The summed E-state index contributed by atoms with van der Waals surface area (Å²) in [5.41, 5.74) is 6.49. The molecule has 0 heterocycles. The van der Waals surface area contributed by atoms with Crippen LogP contribution in [0.3, 0.4) is 0 Å². The Balaban J connectivity index is 2.02. The molecule has 2 aromatic carbocycles. The summed E-state index contributed by atoms with van der Waals surface area (Å²) in [5, 5.41) is 1.70. The molecule has 0 amide bonds. The molecule has 0 unspecified atom stereocenters. The van der Waals surface area contributed by atoms with Crippen LogP contribution in [0.15, 0.2) is 41.3 Å². The number of hydrogen-bond acceptors (Lipinski definition) is 4. The third-order valence-electron chi connectivity index (χ3n) is 4.55. The van der Waals surface area contributed by atoms with Crippen molar-refractivity contribution in [1.82, 2.24) is 4.72 Å². The zero-order chi connectivity index (χ0) is 19.0. The average Bonchev–Trinajstić information content (AvgIpc) is 2.62. The van der Waals surface area contributed by atoms with Crippen molar-refractivity contribution in [3.8, 4) is 0 Å². The van der Waals surface area contributed by atoms with Crippen LogP contribution in [0.1, 0.15) is 38.5 Å². The first-order chi connectivity index (χ1) is 12.5. The fourth-order valence-corrected chi connectivity index (χ4v) is 4.44. The van der Waals surface area contributed by atoms with Crippen LogP contribution in [-0.2, 0) is 10.0 Å². The lowest BCUT2D eigenvalue weighted by Gasteiger charge is -2.17. The van der Waals surface area contributed by atoms with E-state index >= 15 is 0 Å². The maximum atomic E-state index is 12.8. The first-order valence-electron chi connectivity index (χ1n) is 9.36. The van der Waals surface area contributed by atoms with Crippen molar-refractivity contribution in [2.45, 2.75) is 43.4 Å². The Labute approximate surface area is 157 Å². The van der Waals surface area contributed by atoms with Crippen LogP contribution in [0.2, 0.25) is 0 Å². The van der Waals surface area contributed by atoms with Gasteiger partial charge < -0.3 is 10.6 Å². The van der Waals surface area contributed by atoms with E-state index in [-0.39, 0.29) is 0 Å². The first kappa shape index (κ1) is 20.7. The molecular formula is C20H31N3O2S. The second-order valence-electron chi connectivity index (χ2n) is 6.83. The fourth-order valence-electron chi connectivity index (χ4n) is 3.15. The Morgan fingerprint density at radius 3 is 2.19 bits per heavy atom. The number of nitrogens with zero attached hydrogens (tertiary/aromatic N) is 1. The molecule has 0 spiro atoms. The van der Waals surface area contributed by atoms with Crippen molar-refractivity contribution in [2.24, 2.45) is 5.73 Å². The predicted molar refractivity (Wildman–Crippen MR) is 110 cm³/mol. The molecule has 6 heteroatoms. The summed E-state index contributed by atoms with van der Waals surface area (Å²) in [6.45, 7) is 1.23. The van der Waals surface area contributed by atoms with Crippen molar-refractivity contribution >= 4 is 26.5 Å². The Morgan fingerprint density at radius 1 is 0.885 bits per heavy atom. The van der Waals surface area contributed by atoms with Crippen LogP contribution < -0.4 is 15.4 Å². The lowest BCUT2D eigenvalue weighted by Crippen LogP contribution is -2.25. The predicted octanol–water partition coefficient (Wildman–Crippen LogP) is 3.48. The second-order valence-corrected chi connectivity index (χ2v) is 8.57. The van der Waals surface area contributed by atoms with Crippen molar-refractivity contribution in [3.63, 3.8) is 0 Å². The smallest absolute Gasteiger partial charge is 0.241 e. The van der Waals surface area contributed by atoms with Crippen molar-refractivity contribution in [3.05, 3.63) is 36.4 Å². The Hall–Kier alpha value is -1.63. The maximum Gasteiger partial charge on any atom is 0.241 e. The lowest BCUT2D eigenvalue weighted by molar-refractivity contribution is 0.566. The summed E-state index contributed by atoms with van der Waals surface area (Å²) in [4.78, 5) is 2.35. The number of hydrogen-bond donors (Lipinski definition) is 2. The van der Waals surface area contributed by atoms with Crippen molar-refractivity contribution in [2.75, 3.05) is 32.1 Å². The largest absolute Gasteiger partial charge is 0.377 e. The molecule has 0 aliphatic carbocycles. The topological polar surface area (TPSA) is 75.4 Å². The molecule has 0 aromatic heterocycles. The van der Waals surface area contributed by atoms with Crippen LogP contribution >= 0.6 is 0 Å². The van der Waals surface area contributed by atoms with Gasteiger partial charge in [-0.1, -0.05) is 49.9 Å². The van der Waals surface area contributed by atoms with Crippen LogP contribution in [0.4, 0.5) is 5.69 Å². The average molecular weight is 378 g/mol. The van der Waals surface area contributed by atoms with Gasteiger partial charge in [-0.3, -0.25) is 0 Å². The number of rotatable bonds is 11. The summed E-state index contributed by atoms with van der Waals surface area (Å²) in [5.74, 6) is 0. The number of nitrogens with one attached hydrogen (secondary N) is 1. The highest BCUT2D eigenvalue weighted by Crippen LogP contribution is 2.30. The molecule has 0 saturated heterocycles. The van der Waals surface area contributed by atoms with Gasteiger partial charge in [0.2, 0.25) is 10.0 Å². The first-order valence-corrected chi connectivity index (χ1v) is 10.8. The van der Waals surface area contributed by atoms with Crippen LogP contribution in [0, 0.1) is 0 Å². The number of sulfonamides is 1. The van der Waals surface area contributed by atoms with Gasteiger partial charge >= 0.3 is 0 Å². The highest BCUT2D eigenvalue weighted by molar-refractivity contribution is 7.89. The standard InChI is InChI=1S/C20H31N3O2S/c1-23(2)19-13-9-12-18-17(19)11-10-14-20(18)26(24,25)22-16-8-6-4-3-5-7-15-21/h9-14,22H,3-8,15-16,21H2,1-2H3. The highest BCUT2D eigenvalue weighted by atomic mass is 32.2. The Kier molecular flexibility index (Phi) is 7.87. The minimum atomic E-state index is -3.52. The normalized spacial score (nSPS) is 11.8. The van der Waals surface area contributed by atoms with Gasteiger partial charge in [0.25, 0.3) is 0 Å². The van der Waals surface area contributed by atoms with E-state index in [0.717, 1.165) is 55.1 Å². The molecular weight excluding hydrogens is 346 g/mol. The quantitative estimate of drug-likeness (QED) is 0.588. The molecule has 3 N–H and O–H groups in total. The van der Waals surface area contributed by atoms with Gasteiger partial charge in [0.1, 0.15) is 0 Å². The van der Waals surface area contributed by atoms with E-state index in [2.05, 4.69) is 4.72 Å². The van der Waals surface area contributed by atoms with E-state index in [1.807, 2.05) is 43.3 Å². The maximum absolute atomic E-state index is 12.8. The van der Waals surface area contributed by atoms with Gasteiger partial charge in [0, 0.05) is 37.1 Å². The summed E-state index contributed by atoms with van der Waals surface area (Å²) in [6, 6.07) is 11.2. The number of nitrogens with two attached hydrogens (primary N) is 1. The molecule has 0 bridgehead atoms. The van der Waals surface area contributed by atoms with Crippen LogP contribution in [0.25, 0.3) is 10.8 Å².